The maximum absolute atomic E-state index is 12.6. The van der Waals surface area contributed by atoms with Crippen molar-refractivity contribution in [3.63, 3.8) is 0 Å². The van der Waals surface area contributed by atoms with E-state index in [-0.39, 0.29) is 24.9 Å². The van der Waals surface area contributed by atoms with Crippen molar-refractivity contribution in [1.29, 1.82) is 0 Å². The first-order valence-corrected chi connectivity index (χ1v) is 9.62. The Bertz CT molecular complexity index is 795. The molecule has 1 aromatic rings. The number of allylic oxidation sites excluding steroid dienone is 1. The van der Waals surface area contributed by atoms with Crippen LogP contribution < -0.4 is 4.74 Å². The lowest BCUT2D eigenvalue weighted by Crippen LogP contribution is -2.43. The molecule has 0 aromatic heterocycles. The maximum atomic E-state index is 12.6. The summed E-state index contributed by atoms with van der Waals surface area (Å²) in [6, 6.07) is 4.34. The molecule has 0 spiro atoms. The number of carbonyl (C=O) groups excluding carboxylic acids is 1. The minimum absolute atomic E-state index is 0.127. The van der Waals surface area contributed by atoms with Gasteiger partial charge in [-0.3, -0.25) is 0 Å². The summed E-state index contributed by atoms with van der Waals surface area (Å²) in [4.78, 5) is 11.2. The lowest BCUT2D eigenvalue weighted by atomic mass is 10.1. The van der Waals surface area contributed by atoms with Gasteiger partial charge in [0.2, 0.25) is 10.0 Å². The molecule has 1 saturated heterocycles. The van der Waals surface area contributed by atoms with Gasteiger partial charge < -0.3 is 9.47 Å². The Labute approximate surface area is 155 Å². The topological polar surface area (TPSA) is 72.9 Å². The first-order chi connectivity index (χ1) is 12.6. The summed E-state index contributed by atoms with van der Waals surface area (Å²) in [6.45, 7) is 1.69. The van der Waals surface area contributed by atoms with Gasteiger partial charge in [0.15, 0.2) is 4.91 Å². The lowest BCUT2D eigenvalue weighted by Gasteiger charge is -2.31. The second-order valence-electron chi connectivity index (χ2n) is 5.89. The fraction of sp³-hybridized carbons (Fsp3) is 0.471. The Hall–Kier alpha value is -2.07. The van der Waals surface area contributed by atoms with Gasteiger partial charge >= 0.3 is 12.1 Å². The zero-order valence-corrected chi connectivity index (χ0v) is 15.6. The van der Waals surface area contributed by atoms with Gasteiger partial charge in [-0.1, -0.05) is 6.08 Å². The van der Waals surface area contributed by atoms with E-state index in [0.29, 0.717) is 12.8 Å². The molecule has 0 atom stereocenters. The molecule has 0 N–H and O–H groups in total. The number of hydrogen-bond donors (Lipinski definition) is 0. The minimum Gasteiger partial charge on any atom is -0.490 e. The average Bonchev–Trinajstić information content (AvgIpc) is 2.62. The lowest BCUT2D eigenvalue weighted by molar-refractivity contribution is -0.137. The number of nitrogens with zero attached hydrogens (tertiary/aromatic N) is 1. The Kier molecular flexibility index (Phi) is 6.53. The second-order valence-corrected chi connectivity index (χ2v) is 7.79. The Balaban J connectivity index is 1.98. The number of piperidine rings is 1. The molecule has 0 radical (unpaired) electrons. The normalized spacial score (nSPS) is 17.6. The van der Waals surface area contributed by atoms with Crippen molar-refractivity contribution in [3.8, 4) is 5.75 Å². The van der Waals surface area contributed by atoms with E-state index >= 15 is 0 Å². The molecule has 0 aliphatic carbocycles. The first-order valence-electron chi connectivity index (χ1n) is 8.18. The van der Waals surface area contributed by atoms with Crippen molar-refractivity contribution in [2.75, 3.05) is 20.2 Å². The third-order valence-corrected chi connectivity index (χ3v) is 6.16. The van der Waals surface area contributed by atoms with Crippen LogP contribution in [-0.4, -0.2) is 45.0 Å². The van der Waals surface area contributed by atoms with E-state index < -0.39 is 32.6 Å². The highest BCUT2D eigenvalue weighted by Gasteiger charge is 2.35. The number of sulfonamides is 1. The predicted octanol–water partition coefficient (Wildman–Crippen LogP) is 2.96. The summed E-state index contributed by atoms with van der Waals surface area (Å²) in [6.07, 6.45) is -2.87. The summed E-state index contributed by atoms with van der Waals surface area (Å²) in [5, 5.41) is 0. The van der Waals surface area contributed by atoms with E-state index in [1.807, 2.05) is 0 Å². The molecule has 6 nitrogen and oxygen atoms in total. The van der Waals surface area contributed by atoms with E-state index in [2.05, 4.69) is 4.74 Å². The van der Waals surface area contributed by atoms with Crippen LogP contribution in [0.4, 0.5) is 13.2 Å². The van der Waals surface area contributed by atoms with E-state index in [0.717, 1.165) is 19.2 Å². The number of alkyl halides is 3. The molecule has 150 valence electrons. The van der Waals surface area contributed by atoms with Gasteiger partial charge in [-0.2, -0.15) is 17.5 Å². The number of ether oxygens (including phenoxy) is 2. The van der Waals surface area contributed by atoms with Crippen LogP contribution in [0.3, 0.4) is 0 Å². The fourth-order valence-electron chi connectivity index (χ4n) is 2.72. The van der Waals surface area contributed by atoms with Crippen molar-refractivity contribution in [1.82, 2.24) is 4.31 Å². The third kappa shape index (κ3) is 5.01. The van der Waals surface area contributed by atoms with Crippen molar-refractivity contribution >= 4 is 16.0 Å². The van der Waals surface area contributed by atoms with E-state index in [9.17, 15) is 26.4 Å². The van der Waals surface area contributed by atoms with Gasteiger partial charge in [0.25, 0.3) is 0 Å². The number of halogens is 3. The van der Waals surface area contributed by atoms with Crippen LogP contribution in [-0.2, 0) is 25.7 Å². The van der Waals surface area contributed by atoms with Crippen LogP contribution in [0.15, 0.2) is 35.2 Å². The average molecular weight is 407 g/mol. The number of rotatable bonds is 5. The van der Waals surface area contributed by atoms with Crippen LogP contribution in [0, 0.1) is 0 Å². The highest BCUT2D eigenvalue weighted by atomic mass is 32.2. The molecule has 1 aliphatic rings. The van der Waals surface area contributed by atoms with E-state index in [1.54, 1.807) is 0 Å². The van der Waals surface area contributed by atoms with Crippen molar-refractivity contribution in [2.24, 2.45) is 0 Å². The van der Waals surface area contributed by atoms with Gasteiger partial charge in [-0.05, 0) is 44.0 Å². The van der Waals surface area contributed by atoms with Crippen molar-refractivity contribution in [2.45, 2.75) is 32.0 Å². The highest BCUT2D eigenvalue weighted by Crippen LogP contribution is 2.31. The molecular formula is C17H20F3NO5S. The van der Waals surface area contributed by atoms with Gasteiger partial charge in [0.1, 0.15) is 11.9 Å². The minimum atomic E-state index is -4.41. The highest BCUT2D eigenvalue weighted by molar-refractivity contribution is 7.94. The third-order valence-electron chi connectivity index (χ3n) is 4.15. The largest absolute Gasteiger partial charge is 0.490 e. The molecule has 0 unspecified atom stereocenters. The molecule has 1 heterocycles. The Morgan fingerprint density at radius 2 is 1.74 bits per heavy atom. The second kappa shape index (κ2) is 8.30. The summed E-state index contributed by atoms with van der Waals surface area (Å²) in [5.74, 6) is -0.645. The molecule has 2 rings (SSSR count). The number of esters is 1. The predicted molar refractivity (Wildman–Crippen MR) is 91.4 cm³/mol. The van der Waals surface area contributed by atoms with Gasteiger partial charge in [-0.15, -0.1) is 0 Å². The van der Waals surface area contributed by atoms with Crippen LogP contribution in [0.2, 0.25) is 0 Å². The zero-order chi connectivity index (χ0) is 20.2. The smallest absolute Gasteiger partial charge is 0.416 e. The molecule has 0 amide bonds. The van der Waals surface area contributed by atoms with Crippen molar-refractivity contribution in [3.05, 3.63) is 40.8 Å². The zero-order valence-electron chi connectivity index (χ0n) is 14.8. The van der Waals surface area contributed by atoms with Crippen LogP contribution >= 0.6 is 0 Å². The maximum Gasteiger partial charge on any atom is 0.416 e. The number of benzene rings is 1. The molecule has 1 fully saturated rings. The monoisotopic (exact) mass is 407 g/mol. The van der Waals surface area contributed by atoms with Crippen LogP contribution in [0.5, 0.6) is 5.75 Å². The standard InChI is InChI=1S/C17H20F3NO5S/c1-3-15(16(22)25-2)27(23,24)21-10-8-14(9-11-21)26-13-6-4-12(5-7-13)17(18,19)20/h3-7,14H,8-11H2,1-2H3. The molecule has 0 saturated carbocycles. The Morgan fingerprint density at radius 3 is 2.19 bits per heavy atom. The first kappa shape index (κ1) is 21.2. The fourth-order valence-corrected chi connectivity index (χ4v) is 4.28. The molecular weight excluding hydrogens is 387 g/mol. The van der Waals surface area contributed by atoms with Crippen LogP contribution in [0.1, 0.15) is 25.3 Å². The Morgan fingerprint density at radius 1 is 1.19 bits per heavy atom. The van der Waals surface area contributed by atoms with Gasteiger partial charge in [0, 0.05) is 13.1 Å². The van der Waals surface area contributed by atoms with Gasteiger partial charge in [0.05, 0.1) is 12.7 Å². The molecule has 0 bridgehead atoms. The van der Waals surface area contributed by atoms with Crippen LogP contribution in [0.25, 0.3) is 0 Å². The summed E-state index contributed by atoms with van der Waals surface area (Å²) in [5.41, 5.74) is -0.766. The molecule has 10 heteroatoms. The van der Waals surface area contributed by atoms with E-state index in [4.69, 9.17) is 4.74 Å². The quantitative estimate of drug-likeness (QED) is 0.554. The van der Waals surface area contributed by atoms with E-state index in [1.165, 1.54) is 29.4 Å². The number of methoxy groups -OCH3 is 1. The molecule has 1 aromatic carbocycles. The molecule has 1 aliphatic heterocycles. The summed E-state index contributed by atoms with van der Waals surface area (Å²) in [7, 11) is -2.86. The van der Waals surface area contributed by atoms with Crippen molar-refractivity contribution < 1.29 is 35.9 Å². The summed E-state index contributed by atoms with van der Waals surface area (Å²) < 4.78 is 74.1. The summed E-state index contributed by atoms with van der Waals surface area (Å²) >= 11 is 0. The number of carbonyl (C=O) groups is 1. The van der Waals surface area contributed by atoms with Gasteiger partial charge in [-0.25, -0.2) is 13.2 Å². The SMILES string of the molecule is CC=C(C(=O)OC)S(=O)(=O)N1CCC(Oc2ccc(C(F)(F)F)cc2)CC1. The molecule has 27 heavy (non-hydrogen) atoms. The number of hydrogen-bond acceptors (Lipinski definition) is 5.